The molecule has 0 saturated carbocycles. The SMILES string of the molecule is O=C(O)[C@@H]1CCN(Cc2ccc(Cl)c(Cl)c2)C1. The Kier molecular flexibility index (Phi) is 3.92. The molecule has 0 bridgehead atoms. The quantitative estimate of drug-likeness (QED) is 0.921. The number of carbonyl (C=O) groups is 1. The number of benzene rings is 1. The smallest absolute Gasteiger partial charge is 0.307 e. The van der Waals surface area contributed by atoms with E-state index >= 15 is 0 Å². The van der Waals surface area contributed by atoms with E-state index in [1.165, 1.54) is 0 Å². The first-order chi connectivity index (χ1) is 8.06. The van der Waals surface area contributed by atoms with Crippen LogP contribution in [0.5, 0.6) is 0 Å². The summed E-state index contributed by atoms with van der Waals surface area (Å²) in [6, 6.07) is 5.52. The van der Waals surface area contributed by atoms with Gasteiger partial charge in [-0.1, -0.05) is 29.3 Å². The van der Waals surface area contributed by atoms with Crippen molar-refractivity contribution in [2.75, 3.05) is 13.1 Å². The van der Waals surface area contributed by atoms with Gasteiger partial charge in [0.15, 0.2) is 0 Å². The van der Waals surface area contributed by atoms with Gasteiger partial charge in [-0.3, -0.25) is 9.69 Å². The molecule has 2 rings (SSSR count). The normalized spacial score (nSPS) is 20.7. The first-order valence-electron chi connectivity index (χ1n) is 5.45. The average Bonchev–Trinajstić information content (AvgIpc) is 2.72. The van der Waals surface area contributed by atoms with Crippen LogP contribution in [-0.4, -0.2) is 29.1 Å². The molecule has 0 aromatic heterocycles. The third kappa shape index (κ3) is 3.12. The third-order valence-corrected chi connectivity index (χ3v) is 3.75. The van der Waals surface area contributed by atoms with Gasteiger partial charge in [-0.25, -0.2) is 0 Å². The van der Waals surface area contributed by atoms with E-state index in [1.807, 2.05) is 12.1 Å². The highest BCUT2D eigenvalue weighted by atomic mass is 35.5. The van der Waals surface area contributed by atoms with Gasteiger partial charge >= 0.3 is 5.97 Å². The summed E-state index contributed by atoms with van der Waals surface area (Å²) in [5.41, 5.74) is 1.06. The van der Waals surface area contributed by atoms with Crippen LogP contribution < -0.4 is 0 Å². The molecule has 3 nitrogen and oxygen atoms in total. The Hall–Kier alpha value is -0.770. The maximum absolute atomic E-state index is 10.8. The van der Waals surface area contributed by atoms with Gasteiger partial charge in [-0.15, -0.1) is 0 Å². The van der Waals surface area contributed by atoms with Crippen LogP contribution in [0, 0.1) is 5.92 Å². The van der Waals surface area contributed by atoms with E-state index in [-0.39, 0.29) is 5.92 Å². The number of carboxylic acid groups (broad SMARTS) is 1. The van der Waals surface area contributed by atoms with Crippen molar-refractivity contribution in [1.29, 1.82) is 0 Å². The Morgan fingerprint density at radius 1 is 1.41 bits per heavy atom. The van der Waals surface area contributed by atoms with Gasteiger partial charge in [0.25, 0.3) is 0 Å². The van der Waals surface area contributed by atoms with Gasteiger partial charge in [0, 0.05) is 13.1 Å². The fourth-order valence-electron chi connectivity index (χ4n) is 2.07. The molecular weight excluding hydrogens is 261 g/mol. The summed E-state index contributed by atoms with van der Waals surface area (Å²) in [5, 5.41) is 9.99. The second kappa shape index (κ2) is 5.25. The van der Waals surface area contributed by atoms with Gasteiger partial charge < -0.3 is 5.11 Å². The molecule has 1 aliphatic heterocycles. The molecule has 92 valence electrons. The summed E-state index contributed by atoms with van der Waals surface area (Å²) >= 11 is 11.8. The molecule has 1 heterocycles. The summed E-state index contributed by atoms with van der Waals surface area (Å²) in [4.78, 5) is 13.0. The van der Waals surface area contributed by atoms with Crippen LogP contribution in [0.15, 0.2) is 18.2 Å². The summed E-state index contributed by atoms with van der Waals surface area (Å²) in [6.07, 6.45) is 0.719. The first kappa shape index (κ1) is 12.7. The summed E-state index contributed by atoms with van der Waals surface area (Å²) < 4.78 is 0. The van der Waals surface area contributed by atoms with E-state index in [0.717, 1.165) is 25.1 Å². The number of likely N-dealkylation sites (tertiary alicyclic amines) is 1. The summed E-state index contributed by atoms with van der Waals surface area (Å²) in [7, 11) is 0. The van der Waals surface area contributed by atoms with E-state index in [0.29, 0.717) is 16.6 Å². The predicted octanol–water partition coefficient (Wildman–Crippen LogP) is 2.90. The van der Waals surface area contributed by atoms with Crippen molar-refractivity contribution >= 4 is 29.2 Å². The number of rotatable bonds is 3. The lowest BCUT2D eigenvalue weighted by atomic mass is 10.1. The summed E-state index contributed by atoms with van der Waals surface area (Å²) in [5.74, 6) is -0.945. The van der Waals surface area contributed by atoms with Gasteiger partial charge in [0.1, 0.15) is 0 Å². The van der Waals surface area contributed by atoms with E-state index in [9.17, 15) is 4.79 Å². The topological polar surface area (TPSA) is 40.5 Å². The Balaban J connectivity index is 1.98. The molecule has 0 amide bonds. The number of nitrogens with zero attached hydrogens (tertiary/aromatic N) is 1. The molecule has 17 heavy (non-hydrogen) atoms. The summed E-state index contributed by atoms with van der Waals surface area (Å²) in [6.45, 7) is 2.15. The lowest BCUT2D eigenvalue weighted by molar-refractivity contribution is -0.141. The van der Waals surface area contributed by atoms with Crippen LogP contribution >= 0.6 is 23.2 Å². The fraction of sp³-hybridized carbons (Fsp3) is 0.417. The maximum atomic E-state index is 10.8. The van der Waals surface area contributed by atoms with Gasteiger partial charge in [0.05, 0.1) is 16.0 Å². The third-order valence-electron chi connectivity index (χ3n) is 3.01. The van der Waals surface area contributed by atoms with E-state index in [4.69, 9.17) is 28.3 Å². The van der Waals surface area contributed by atoms with E-state index in [2.05, 4.69) is 4.90 Å². The molecule has 0 unspecified atom stereocenters. The zero-order valence-electron chi connectivity index (χ0n) is 9.20. The van der Waals surface area contributed by atoms with Crippen molar-refractivity contribution in [2.24, 2.45) is 5.92 Å². The number of hydrogen-bond donors (Lipinski definition) is 1. The van der Waals surface area contributed by atoms with Gasteiger partial charge in [-0.05, 0) is 30.7 Å². The maximum Gasteiger partial charge on any atom is 0.307 e. The van der Waals surface area contributed by atoms with E-state index in [1.54, 1.807) is 6.07 Å². The number of halogens is 2. The Morgan fingerprint density at radius 3 is 2.76 bits per heavy atom. The largest absolute Gasteiger partial charge is 0.481 e. The van der Waals surface area contributed by atoms with Crippen molar-refractivity contribution in [2.45, 2.75) is 13.0 Å². The fourth-order valence-corrected chi connectivity index (χ4v) is 2.39. The molecule has 0 radical (unpaired) electrons. The van der Waals surface area contributed by atoms with Crippen molar-refractivity contribution in [3.63, 3.8) is 0 Å². The Labute approximate surface area is 110 Å². The standard InChI is InChI=1S/C12H13Cl2NO2/c13-10-2-1-8(5-11(10)14)6-15-4-3-9(7-15)12(16)17/h1-2,5,9H,3-4,6-7H2,(H,16,17)/t9-/m1/s1. The van der Waals surface area contributed by atoms with Crippen LogP contribution in [-0.2, 0) is 11.3 Å². The second-order valence-corrected chi connectivity index (χ2v) is 5.12. The highest BCUT2D eigenvalue weighted by Gasteiger charge is 2.27. The van der Waals surface area contributed by atoms with Crippen LogP contribution in [0.1, 0.15) is 12.0 Å². The van der Waals surface area contributed by atoms with Crippen LogP contribution in [0.4, 0.5) is 0 Å². The molecule has 1 fully saturated rings. The Morgan fingerprint density at radius 2 is 2.18 bits per heavy atom. The highest BCUT2D eigenvalue weighted by molar-refractivity contribution is 6.42. The molecule has 1 aromatic rings. The van der Waals surface area contributed by atoms with Crippen molar-refractivity contribution in [1.82, 2.24) is 4.90 Å². The first-order valence-corrected chi connectivity index (χ1v) is 6.21. The predicted molar refractivity (Wildman–Crippen MR) is 67.5 cm³/mol. The molecule has 0 spiro atoms. The van der Waals surface area contributed by atoms with Gasteiger partial charge in [-0.2, -0.15) is 0 Å². The lowest BCUT2D eigenvalue weighted by Gasteiger charge is -2.15. The number of aliphatic carboxylic acids is 1. The van der Waals surface area contributed by atoms with Crippen LogP contribution in [0.2, 0.25) is 10.0 Å². The average molecular weight is 274 g/mol. The molecule has 1 aromatic carbocycles. The monoisotopic (exact) mass is 273 g/mol. The molecule has 1 atom stereocenters. The molecule has 5 heteroatoms. The Bertz CT molecular complexity index is 437. The van der Waals surface area contributed by atoms with Crippen LogP contribution in [0.3, 0.4) is 0 Å². The van der Waals surface area contributed by atoms with E-state index < -0.39 is 5.97 Å². The second-order valence-electron chi connectivity index (χ2n) is 4.31. The highest BCUT2D eigenvalue weighted by Crippen LogP contribution is 2.25. The molecule has 1 aliphatic rings. The lowest BCUT2D eigenvalue weighted by Crippen LogP contribution is -2.22. The number of hydrogen-bond acceptors (Lipinski definition) is 2. The molecule has 0 aliphatic carbocycles. The minimum Gasteiger partial charge on any atom is -0.481 e. The number of carboxylic acids is 1. The minimum absolute atomic E-state index is 0.238. The van der Waals surface area contributed by atoms with Crippen molar-refractivity contribution in [3.05, 3.63) is 33.8 Å². The zero-order valence-corrected chi connectivity index (χ0v) is 10.7. The minimum atomic E-state index is -0.707. The zero-order chi connectivity index (χ0) is 12.4. The van der Waals surface area contributed by atoms with Gasteiger partial charge in [0.2, 0.25) is 0 Å². The molecule has 1 saturated heterocycles. The van der Waals surface area contributed by atoms with Crippen LogP contribution in [0.25, 0.3) is 0 Å². The van der Waals surface area contributed by atoms with Crippen molar-refractivity contribution < 1.29 is 9.90 Å². The van der Waals surface area contributed by atoms with Crippen molar-refractivity contribution in [3.8, 4) is 0 Å². The molecule has 1 N–H and O–H groups in total. The molecular formula is C12H13Cl2NO2.